The number of fused-ring (bicyclic) bond motifs is 1. The molecule has 3 N–H and O–H groups in total. The smallest absolute Gasteiger partial charge is 0.254 e. The molecule has 1 aliphatic rings. The van der Waals surface area contributed by atoms with E-state index in [-0.39, 0.29) is 5.56 Å². The number of H-pyrrole nitrogens is 1. The van der Waals surface area contributed by atoms with Crippen LogP contribution in [0.2, 0.25) is 0 Å². The van der Waals surface area contributed by atoms with Gasteiger partial charge in [-0.1, -0.05) is 18.2 Å². The van der Waals surface area contributed by atoms with Crippen LogP contribution in [-0.4, -0.2) is 28.5 Å². The number of nitrogens with two attached hydrogens (primary N) is 1. The van der Waals surface area contributed by atoms with Gasteiger partial charge in [0.25, 0.3) is 5.56 Å². The molecule has 0 unspecified atom stereocenters. The van der Waals surface area contributed by atoms with E-state index in [1.807, 2.05) is 42.5 Å². The van der Waals surface area contributed by atoms with Crippen LogP contribution in [0, 0.1) is 0 Å². The summed E-state index contributed by atoms with van der Waals surface area (Å²) in [5.41, 5.74) is 9.99. The van der Waals surface area contributed by atoms with Crippen molar-refractivity contribution in [3.05, 3.63) is 75.7 Å². The van der Waals surface area contributed by atoms with Crippen LogP contribution in [0.25, 0.3) is 11.4 Å². The highest BCUT2D eigenvalue weighted by Crippen LogP contribution is 2.24. The number of para-hydroxylation sites is 1. The molecule has 0 radical (unpaired) electrons. The lowest BCUT2D eigenvalue weighted by molar-refractivity contribution is 0.237. The highest BCUT2D eigenvalue weighted by molar-refractivity contribution is 5.58. The first-order valence-corrected chi connectivity index (χ1v) is 8.96. The van der Waals surface area contributed by atoms with Gasteiger partial charge in [0.05, 0.1) is 12.8 Å². The van der Waals surface area contributed by atoms with E-state index in [1.54, 1.807) is 7.11 Å². The zero-order valence-electron chi connectivity index (χ0n) is 15.2. The molecule has 0 atom stereocenters. The average Bonchev–Trinajstić information content (AvgIpc) is 2.68. The van der Waals surface area contributed by atoms with Crippen LogP contribution >= 0.6 is 0 Å². The average molecular weight is 362 g/mol. The van der Waals surface area contributed by atoms with Gasteiger partial charge in [0, 0.05) is 42.0 Å². The molecule has 0 bridgehead atoms. The standard InChI is InChI=1S/C21H22N4O2/c1-27-19-5-3-2-4-15(19)12-25-11-10-17-18(13-25)23-20(24-21(17)26)14-6-8-16(22)9-7-14/h2-9H,10-13,22H2,1H3,(H,23,24,26). The molecule has 4 rings (SSSR count). The number of benzene rings is 2. The summed E-state index contributed by atoms with van der Waals surface area (Å²) in [6.07, 6.45) is 0.689. The molecule has 0 saturated heterocycles. The Balaban J connectivity index is 1.61. The lowest BCUT2D eigenvalue weighted by Crippen LogP contribution is -2.35. The lowest BCUT2D eigenvalue weighted by atomic mass is 10.0. The lowest BCUT2D eigenvalue weighted by Gasteiger charge is -2.28. The Morgan fingerprint density at radius 3 is 2.74 bits per heavy atom. The van der Waals surface area contributed by atoms with Gasteiger partial charge in [-0.15, -0.1) is 0 Å². The van der Waals surface area contributed by atoms with Crippen molar-refractivity contribution >= 4 is 5.69 Å². The Bertz CT molecular complexity index is 1010. The zero-order chi connectivity index (χ0) is 18.8. The molecular formula is C21H22N4O2. The number of methoxy groups -OCH3 is 1. The fraction of sp³-hybridized carbons (Fsp3) is 0.238. The minimum atomic E-state index is -0.0521. The molecular weight excluding hydrogens is 340 g/mol. The van der Waals surface area contributed by atoms with E-state index in [4.69, 9.17) is 15.5 Å². The second kappa shape index (κ2) is 7.25. The van der Waals surface area contributed by atoms with Crippen molar-refractivity contribution in [2.45, 2.75) is 19.5 Å². The van der Waals surface area contributed by atoms with Crippen molar-refractivity contribution in [3.8, 4) is 17.1 Å². The highest BCUT2D eigenvalue weighted by atomic mass is 16.5. The fourth-order valence-electron chi connectivity index (χ4n) is 3.48. The maximum absolute atomic E-state index is 12.5. The normalized spacial score (nSPS) is 14.0. The summed E-state index contributed by atoms with van der Waals surface area (Å²) in [4.78, 5) is 22.5. The van der Waals surface area contributed by atoms with E-state index in [0.717, 1.165) is 41.2 Å². The van der Waals surface area contributed by atoms with Crippen molar-refractivity contribution in [1.29, 1.82) is 0 Å². The van der Waals surface area contributed by atoms with Crippen LogP contribution < -0.4 is 16.0 Å². The fourth-order valence-corrected chi connectivity index (χ4v) is 3.48. The second-order valence-electron chi connectivity index (χ2n) is 6.73. The topological polar surface area (TPSA) is 84.2 Å². The number of hydrogen-bond donors (Lipinski definition) is 2. The Morgan fingerprint density at radius 2 is 1.96 bits per heavy atom. The highest BCUT2D eigenvalue weighted by Gasteiger charge is 2.22. The molecule has 0 aliphatic carbocycles. The van der Waals surface area contributed by atoms with Crippen molar-refractivity contribution in [2.75, 3.05) is 19.4 Å². The van der Waals surface area contributed by atoms with E-state index < -0.39 is 0 Å². The van der Waals surface area contributed by atoms with Crippen LogP contribution in [-0.2, 0) is 19.5 Å². The zero-order valence-corrected chi connectivity index (χ0v) is 15.2. The first-order chi connectivity index (χ1) is 13.1. The number of hydrogen-bond acceptors (Lipinski definition) is 5. The van der Waals surface area contributed by atoms with Gasteiger partial charge in [0.15, 0.2) is 0 Å². The summed E-state index contributed by atoms with van der Waals surface area (Å²) in [7, 11) is 1.68. The summed E-state index contributed by atoms with van der Waals surface area (Å²) in [6.45, 7) is 2.21. The van der Waals surface area contributed by atoms with E-state index in [9.17, 15) is 4.79 Å². The summed E-state index contributed by atoms with van der Waals surface area (Å²) in [5, 5.41) is 0. The van der Waals surface area contributed by atoms with Gasteiger partial charge in [-0.05, 0) is 36.8 Å². The molecule has 6 nitrogen and oxygen atoms in total. The van der Waals surface area contributed by atoms with Gasteiger partial charge < -0.3 is 15.5 Å². The number of rotatable bonds is 4. The van der Waals surface area contributed by atoms with Crippen LogP contribution in [0.3, 0.4) is 0 Å². The number of anilines is 1. The molecule has 2 aromatic carbocycles. The van der Waals surface area contributed by atoms with Crippen LogP contribution in [0.1, 0.15) is 16.8 Å². The van der Waals surface area contributed by atoms with Crippen LogP contribution in [0.15, 0.2) is 53.3 Å². The predicted molar refractivity (Wildman–Crippen MR) is 106 cm³/mol. The number of nitrogens with one attached hydrogen (secondary N) is 1. The molecule has 138 valence electrons. The van der Waals surface area contributed by atoms with Crippen molar-refractivity contribution in [2.24, 2.45) is 0 Å². The number of nitrogen functional groups attached to an aromatic ring is 1. The predicted octanol–water partition coefficient (Wildman–Crippen LogP) is 2.59. The van der Waals surface area contributed by atoms with Gasteiger partial charge in [0.1, 0.15) is 11.6 Å². The van der Waals surface area contributed by atoms with Gasteiger partial charge in [0.2, 0.25) is 0 Å². The molecule has 1 aromatic heterocycles. The Kier molecular flexibility index (Phi) is 4.64. The molecule has 2 heterocycles. The number of nitrogens with zero attached hydrogens (tertiary/aromatic N) is 2. The molecule has 0 amide bonds. The quantitative estimate of drug-likeness (QED) is 0.697. The SMILES string of the molecule is COc1ccccc1CN1CCc2c(nc(-c3ccc(N)cc3)[nH]c2=O)C1. The van der Waals surface area contributed by atoms with Gasteiger partial charge in [-0.25, -0.2) is 4.98 Å². The van der Waals surface area contributed by atoms with Crippen LogP contribution in [0.4, 0.5) is 5.69 Å². The molecule has 3 aromatic rings. The van der Waals surface area contributed by atoms with Crippen molar-refractivity contribution in [3.63, 3.8) is 0 Å². The molecule has 6 heteroatoms. The largest absolute Gasteiger partial charge is 0.496 e. The maximum Gasteiger partial charge on any atom is 0.254 e. The third kappa shape index (κ3) is 3.57. The van der Waals surface area contributed by atoms with Gasteiger partial charge >= 0.3 is 0 Å². The third-order valence-electron chi connectivity index (χ3n) is 4.92. The summed E-state index contributed by atoms with van der Waals surface area (Å²) >= 11 is 0. The number of aromatic nitrogens is 2. The summed E-state index contributed by atoms with van der Waals surface area (Å²) in [5.74, 6) is 1.46. The van der Waals surface area contributed by atoms with Crippen molar-refractivity contribution in [1.82, 2.24) is 14.9 Å². The maximum atomic E-state index is 12.5. The molecule has 0 saturated carbocycles. The van der Waals surface area contributed by atoms with Gasteiger partial charge in [-0.2, -0.15) is 0 Å². The Hall–Kier alpha value is -3.12. The molecule has 1 aliphatic heterocycles. The van der Waals surface area contributed by atoms with Crippen LogP contribution in [0.5, 0.6) is 5.75 Å². The number of aromatic amines is 1. The molecule has 27 heavy (non-hydrogen) atoms. The minimum Gasteiger partial charge on any atom is -0.496 e. The first kappa shape index (κ1) is 17.3. The number of ether oxygens (including phenoxy) is 1. The first-order valence-electron chi connectivity index (χ1n) is 8.96. The van der Waals surface area contributed by atoms with E-state index >= 15 is 0 Å². The van der Waals surface area contributed by atoms with Gasteiger partial charge in [-0.3, -0.25) is 9.69 Å². The van der Waals surface area contributed by atoms with E-state index in [2.05, 4.69) is 16.0 Å². The Morgan fingerprint density at radius 1 is 1.19 bits per heavy atom. The minimum absolute atomic E-state index is 0.0521. The second-order valence-corrected chi connectivity index (χ2v) is 6.73. The third-order valence-corrected chi connectivity index (χ3v) is 4.92. The summed E-state index contributed by atoms with van der Waals surface area (Å²) < 4.78 is 5.45. The van der Waals surface area contributed by atoms with E-state index in [0.29, 0.717) is 24.5 Å². The van der Waals surface area contributed by atoms with E-state index in [1.165, 1.54) is 0 Å². The summed E-state index contributed by atoms with van der Waals surface area (Å²) in [6, 6.07) is 15.4. The monoisotopic (exact) mass is 362 g/mol. The molecule has 0 spiro atoms. The molecule has 0 fully saturated rings. The Labute approximate surface area is 157 Å². The van der Waals surface area contributed by atoms with Crippen molar-refractivity contribution < 1.29 is 4.74 Å².